The first-order chi connectivity index (χ1) is 8.65. The van der Waals surface area contributed by atoms with E-state index in [2.05, 4.69) is 10.2 Å². The van der Waals surface area contributed by atoms with E-state index >= 15 is 0 Å². The van der Waals surface area contributed by atoms with Gasteiger partial charge >= 0.3 is 0 Å². The summed E-state index contributed by atoms with van der Waals surface area (Å²) in [6, 6.07) is 6.21. The number of benzene rings is 1. The molecule has 0 N–H and O–H groups in total. The molecule has 0 aliphatic rings. The highest BCUT2D eigenvalue weighted by Crippen LogP contribution is 2.20. The molecular formula is C11H9F3N2OS. The Morgan fingerprint density at radius 2 is 2.00 bits per heavy atom. The van der Waals surface area contributed by atoms with Crippen molar-refractivity contribution < 1.29 is 17.6 Å². The van der Waals surface area contributed by atoms with Gasteiger partial charge in [-0.05, 0) is 11.6 Å². The van der Waals surface area contributed by atoms with E-state index < -0.39 is 12.2 Å². The first-order valence-corrected chi connectivity index (χ1v) is 6.10. The van der Waals surface area contributed by atoms with Gasteiger partial charge in [-0.2, -0.15) is 0 Å². The normalized spacial score (nSPS) is 11.1. The molecule has 0 radical (unpaired) electrons. The molecule has 1 aromatic heterocycles. The van der Waals surface area contributed by atoms with Crippen molar-refractivity contribution in [3.05, 3.63) is 41.5 Å². The van der Waals surface area contributed by atoms with E-state index in [9.17, 15) is 13.2 Å². The van der Waals surface area contributed by atoms with Crippen LogP contribution in [-0.2, 0) is 6.42 Å². The molecule has 18 heavy (non-hydrogen) atoms. The third-order valence-corrected chi connectivity index (χ3v) is 2.91. The van der Waals surface area contributed by atoms with E-state index in [4.69, 9.17) is 4.42 Å². The van der Waals surface area contributed by atoms with Crippen LogP contribution < -0.4 is 0 Å². The third-order valence-electron chi connectivity index (χ3n) is 2.08. The van der Waals surface area contributed by atoms with Crippen LogP contribution in [0, 0.1) is 5.82 Å². The van der Waals surface area contributed by atoms with E-state index in [1.807, 2.05) is 0 Å². The van der Waals surface area contributed by atoms with E-state index in [1.165, 1.54) is 6.07 Å². The predicted octanol–water partition coefficient (Wildman–Crippen LogP) is 3.16. The van der Waals surface area contributed by atoms with Crippen LogP contribution in [0.5, 0.6) is 0 Å². The van der Waals surface area contributed by atoms with Crippen molar-refractivity contribution in [1.82, 2.24) is 10.2 Å². The van der Waals surface area contributed by atoms with Crippen LogP contribution in [0.1, 0.15) is 11.5 Å². The molecule has 2 aromatic rings. The van der Waals surface area contributed by atoms with E-state index in [-0.39, 0.29) is 23.4 Å². The van der Waals surface area contributed by atoms with Gasteiger partial charge in [-0.15, -0.1) is 10.2 Å². The molecule has 0 unspecified atom stereocenters. The van der Waals surface area contributed by atoms with Crippen LogP contribution in [0.15, 0.2) is 33.9 Å². The van der Waals surface area contributed by atoms with Crippen molar-refractivity contribution in [1.29, 1.82) is 0 Å². The Labute approximate surface area is 105 Å². The fraction of sp³-hybridized carbons (Fsp3) is 0.273. The molecule has 1 heterocycles. The fourth-order valence-electron chi connectivity index (χ4n) is 1.31. The Hall–Kier alpha value is -1.50. The van der Waals surface area contributed by atoms with E-state index in [0.29, 0.717) is 5.56 Å². The average molecular weight is 274 g/mol. The van der Waals surface area contributed by atoms with Crippen molar-refractivity contribution in [2.75, 3.05) is 5.75 Å². The van der Waals surface area contributed by atoms with Gasteiger partial charge in [-0.1, -0.05) is 30.0 Å². The maximum absolute atomic E-state index is 13.3. The summed E-state index contributed by atoms with van der Waals surface area (Å²) >= 11 is 0.780. The predicted molar refractivity (Wildman–Crippen MR) is 60.2 cm³/mol. The molecule has 0 amide bonds. The maximum atomic E-state index is 13.3. The molecular weight excluding hydrogens is 265 g/mol. The second kappa shape index (κ2) is 5.90. The Kier molecular flexibility index (Phi) is 4.24. The summed E-state index contributed by atoms with van der Waals surface area (Å²) in [6.45, 7) is 0. The van der Waals surface area contributed by atoms with Gasteiger partial charge in [0.2, 0.25) is 12.3 Å². The molecule has 0 saturated heterocycles. The smallest absolute Gasteiger partial charge is 0.276 e. The summed E-state index contributed by atoms with van der Waals surface area (Å²) in [6.07, 6.45) is -2.29. The van der Waals surface area contributed by atoms with E-state index in [1.54, 1.807) is 18.2 Å². The van der Waals surface area contributed by atoms with Gasteiger partial charge in [0.05, 0.1) is 12.2 Å². The number of thioether (sulfide) groups is 1. The zero-order valence-electron chi connectivity index (χ0n) is 9.15. The lowest BCUT2D eigenvalue weighted by Gasteiger charge is -1.98. The minimum Gasteiger partial charge on any atom is -0.416 e. The number of alkyl halides is 2. The number of halogens is 3. The van der Waals surface area contributed by atoms with Gasteiger partial charge in [0.15, 0.2) is 0 Å². The minimum absolute atomic E-state index is 0.0710. The van der Waals surface area contributed by atoms with Crippen LogP contribution in [0.2, 0.25) is 0 Å². The first-order valence-electron chi connectivity index (χ1n) is 5.12. The molecule has 3 nitrogen and oxygen atoms in total. The topological polar surface area (TPSA) is 38.9 Å². The SMILES string of the molecule is Fc1ccccc1Cc1nnc(SCC(F)F)o1. The van der Waals surface area contributed by atoms with Crippen molar-refractivity contribution in [2.45, 2.75) is 18.1 Å². The zero-order chi connectivity index (χ0) is 13.0. The molecule has 1 aromatic carbocycles. The number of aromatic nitrogens is 2. The summed E-state index contributed by atoms with van der Waals surface area (Å²) < 4.78 is 42.4. The lowest BCUT2D eigenvalue weighted by molar-refractivity contribution is 0.176. The molecule has 0 atom stereocenters. The van der Waals surface area contributed by atoms with Gasteiger partial charge < -0.3 is 4.42 Å². The van der Waals surface area contributed by atoms with Crippen LogP contribution in [0.4, 0.5) is 13.2 Å². The molecule has 0 saturated carbocycles. The number of rotatable bonds is 5. The Morgan fingerprint density at radius 1 is 1.22 bits per heavy atom. The summed E-state index contributed by atoms with van der Waals surface area (Å²) in [5.41, 5.74) is 0.423. The highest BCUT2D eigenvalue weighted by Gasteiger charge is 2.12. The second-order valence-electron chi connectivity index (χ2n) is 3.43. The summed E-state index contributed by atoms with van der Waals surface area (Å²) in [7, 11) is 0. The average Bonchev–Trinajstić information content (AvgIpc) is 2.77. The van der Waals surface area contributed by atoms with Gasteiger partial charge in [-0.25, -0.2) is 13.2 Å². The van der Waals surface area contributed by atoms with Gasteiger partial charge in [-0.3, -0.25) is 0 Å². The molecule has 0 spiro atoms. The van der Waals surface area contributed by atoms with Crippen LogP contribution in [0.3, 0.4) is 0 Å². The summed E-state index contributed by atoms with van der Waals surface area (Å²) in [5, 5.41) is 7.36. The minimum atomic E-state index is -2.43. The molecule has 0 aliphatic carbocycles. The highest BCUT2D eigenvalue weighted by atomic mass is 32.2. The Balaban J connectivity index is 2.00. The number of hydrogen-bond donors (Lipinski definition) is 0. The Morgan fingerprint density at radius 3 is 2.72 bits per heavy atom. The fourth-order valence-corrected chi connectivity index (χ4v) is 1.83. The molecule has 0 bridgehead atoms. The molecule has 7 heteroatoms. The third kappa shape index (κ3) is 3.49. The first kappa shape index (κ1) is 12.9. The highest BCUT2D eigenvalue weighted by molar-refractivity contribution is 7.99. The van der Waals surface area contributed by atoms with Crippen LogP contribution in [0.25, 0.3) is 0 Å². The molecule has 96 valence electrons. The van der Waals surface area contributed by atoms with Gasteiger partial charge in [0.25, 0.3) is 5.22 Å². The van der Waals surface area contributed by atoms with Crippen molar-refractivity contribution in [3.63, 3.8) is 0 Å². The van der Waals surface area contributed by atoms with Crippen molar-refractivity contribution in [3.8, 4) is 0 Å². The van der Waals surface area contributed by atoms with E-state index in [0.717, 1.165) is 11.8 Å². The quantitative estimate of drug-likeness (QED) is 0.785. The second-order valence-corrected chi connectivity index (χ2v) is 4.40. The molecule has 2 rings (SSSR count). The van der Waals surface area contributed by atoms with Crippen LogP contribution >= 0.6 is 11.8 Å². The van der Waals surface area contributed by atoms with Crippen molar-refractivity contribution >= 4 is 11.8 Å². The maximum Gasteiger partial charge on any atom is 0.276 e. The molecule has 0 fully saturated rings. The summed E-state index contributed by atoms with van der Waals surface area (Å²) in [5.74, 6) is -0.559. The number of nitrogens with zero attached hydrogens (tertiary/aromatic N) is 2. The number of hydrogen-bond acceptors (Lipinski definition) is 4. The lowest BCUT2D eigenvalue weighted by Crippen LogP contribution is -1.93. The monoisotopic (exact) mass is 274 g/mol. The van der Waals surface area contributed by atoms with Crippen LogP contribution in [-0.4, -0.2) is 22.4 Å². The molecule has 0 aliphatic heterocycles. The van der Waals surface area contributed by atoms with Crippen molar-refractivity contribution in [2.24, 2.45) is 0 Å². The summed E-state index contributed by atoms with van der Waals surface area (Å²) in [4.78, 5) is 0. The van der Waals surface area contributed by atoms with Gasteiger partial charge in [0.1, 0.15) is 5.82 Å². The standard InChI is InChI=1S/C11H9F3N2OS/c12-8-4-2-1-3-7(8)5-10-15-16-11(17-10)18-6-9(13)14/h1-4,9H,5-6H2. The van der Waals surface area contributed by atoms with Gasteiger partial charge in [0, 0.05) is 0 Å². The zero-order valence-corrected chi connectivity index (χ0v) is 9.96. The largest absolute Gasteiger partial charge is 0.416 e. The Bertz CT molecular complexity index is 518. The lowest BCUT2D eigenvalue weighted by atomic mass is 10.1.